The van der Waals surface area contributed by atoms with Crippen LogP contribution in [-0.4, -0.2) is 20.4 Å². The SMILES string of the molecule is O=C(Nc1nccs1)C1(n2cnc3ccc(F)cc3c2=O)CCCC1. The summed E-state index contributed by atoms with van der Waals surface area (Å²) in [6, 6.07) is 3.90. The number of amides is 1. The van der Waals surface area contributed by atoms with Gasteiger partial charge in [-0.2, -0.15) is 0 Å². The lowest BCUT2D eigenvalue weighted by Gasteiger charge is -2.29. The number of carbonyl (C=O) groups excluding carboxylic acids is 1. The van der Waals surface area contributed by atoms with Crippen molar-refractivity contribution in [1.29, 1.82) is 0 Å². The molecule has 0 radical (unpaired) electrons. The number of rotatable bonds is 3. The topological polar surface area (TPSA) is 76.9 Å². The Kier molecular flexibility index (Phi) is 3.84. The molecule has 0 atom stereocenters. The second-order valence-corrected chi connectivity index (χ2v) is 7.01. The van der Waals surface area contributed by atoms with Crippen LogP contribution in [0, 0.1) is 5.82 Å². The van der Waals surface area contributed by atoms with Crippen LogP contribution in [0.1, 0.15) is 25.7 Å². The second kappa shape index (κ2) is 6.03. The summed E-state index contributed by atoms with van der Waals surface area (Å²) < 4.78 is 14.9. The van der Waals surface area contributed by atoms with Crippen LogP contribution >= 0.6 is 11.3 Å². The molecule has 2 aromatic heterocycles. The summed E-state index contributed by atoms with van der Waals surface area (Å²) in [5, 5.41) is 5.23. The molecule has 8 heteroatoms. The molecule has 0 spiro atoms. The highest BCUT2D eigenvalue weighted by Crippen LogP contribution is 2.37. The third-order valence-corrected chi connectivity index (χ3v) is 5.38. The summed E-state index contributed by atoms with van der Waals surface area (Å²) >= 11 is 1.32. The number of anilines is 1. The highest BCUT2D eigenvalue weighted by Gasteiger charge is 2.44. The quantitative estimate of drug-likeness (QED) is 0.781. The van der Waals surface area contributed by atoms with Crippen molar-refractivity contribution in [1.82, 2.24) is 14.5 Å². The molecule has 1 N–H and O–H groups in total. The Bertz CT molecular complexity index is 994. The van der Waals surface area contributed by atoms with Gasteiger partial charge in [-0.05, 0) is 31.0 Å². The number of fused-ring (bicyclic) bond motifs is 1. The maximum absolute atomic E-state index is 13.6. The highest BCUT2D eigenvalue weighted by atomic mass is 32.1. The van der Waals surface area contributed by atoms with E-state index in [2.05, 4.69) is 15.3 Å². The van der Waals surface area contributed by atoms with Gasteiger partial charge in [0.05, 0.1) is 17.2 Å². The average molecular weight is 358 g/mol. The summed E-state index contributed by atoms with van der Waals surface area (Å²) in [6.45, 7) is 0. The van der Waals surface area contributed by atoms with Gasteiger partial charge in [-0.1, -0.05) is 12.8 Å². The van der Waals surface area contributed by atoms with Gasteiger partial charge in [0.25, 0.3) is 11.5 Å². The van der Waals surface area contributed by atoms with Crippen molar-refractivity contribution in [3.8, 4) is 0 Å². The first-order chi connectivity index (χ1) is 12.1. The minimum absolute atomic E-state index is 0.177. The van der Waals surface area contributed by atoms with Gasteiger partial charge in [0, 0.05) is 11.6 Å². The lowest BCUT2D eigenvalue weighted by atomic mass is 9.95. The molecule has 4 rings (SSSR count). The van der Waals surface area contributed by atoms with Crippen molar-refractivity contribution in [3.05, 3.63) is 52.3 Å². The zero-order valence-electron chi connectivity index (χ0n) is 13.2. The van der Waals surface area contributed by atoms with Crippen molar-refractivity contribution in [2.75, 3.05) is 5.32 Å². The summed E-state index contributed by atoms with van der Waals surface area (Å²) in [5.41, 5.74) is -1.01. The van der Waals surface area contributed by atoms with E-state index in [4.69, 9.17) is 0 Å². The van der Waals surface area contributed by atoms with Crippen LogP contribution in [0.25, 0.3) is 10.9 Å². The zero-order chi connectivity index (χ0) is 17.4. The van der Waals surface area contributed by atoms with Crippen LogP contribution in [0.2, 0.25) is 0 Å². The van der Waals surface area contributed by atoms with Gasteiger partial charge in [0.1, 0.15) is 11.4 Å². The Morgan fingerprint density at radius 3 is 2.80 bits per heavy atom. The van der Waals surface area contributed by atoms with E-state index in [0.717, 1.165) is 12.8 Å². The van der Waals surface area contributed by atoms with E-state index in [1.165, 1.54) is 40.4 Å². The van der Waals surface area contributed by atoms with E-state index in [9.17, 15) is 14.0 Å². The monoisotopic (exact) mass is 358 g/mol. The molecule has 1 saturated carbocycles. The van der Waals surface area contributed by atoms with Gasteiger partial charge >= 0.3 is 0 Å². The van der Waals surface area contributed by atoms with Gasteiger partial charge in [0.2, 0.25) is 0 Å². The van der Waals surface area contributed by atoms with Crippen LogP contribution in [0.3, 0.4) is 0 Å². The minimum atomic E-state index is -1.02. The Balaban J connectivity index is 1.83. The fourth-order valence-corrected chi connectivity index (χ4v) is 3.96. The van der Waals surface area contributed by atoms with Crippen molar-refractivity contribution in [3.63, 3.8) is 0 Å². The van der Waals surface area contributed by atoms with Gasteiger partial charge in [-0.25, -0.2) is 14.4 Å². The lowest BCUT2D eigenvalue weighted by Crippen LogP contribution is -2.48. The molecular weight excluding hydrogens is 343 g/mol. The van der Waals surface area contributed by atoms with Crippen LogP contribution in [0.15, 0.2) is 40.9 Å². The molecular formula is C17H15FN4O2S. The molecule has 1 aromatic carbocycles. The van der Waals surface area contributed by atoms with Crippen molar-refractivity contribution in [2.45, 2.75) is 31.2 Å². The maximum Gasteiger partial charge on any atom is 0.262 e. The van der Waals surface area contributed by atoms with Gasteiger partial charge in [-0.15, -0.1) is 11.3 Å². The number of nitrogens with zero attached hydrogens (tertiary/aromatic N) is 3. The van der Waals surface area contributed by atoms with Crippen molar-refractivity contribution >= 4 is 33.3 Å². The molecule has 1 amide bonds. The fourth-order valence-electron chi connectivity index (χ4n) is 3.44. The Labute approximate surface area is 146 Å². The number of aromatic nitrogens is 3. The van der Waals surface area contributed by atoms with E-state index < -0.39 is 16.9 Å². The number of halogens is 1. The molecule has 1 fully saturated rings. The van der Waals surface area contributed by atoms with Crippen LogP contribution in [0.5, 0.6) is 0 Å². The number of carbonyl (C=O) groups is 1. The Morgan fingerprint density at radius 2 is 2.08 bits per heavy atom. The predicted octanol–water partition coefficient (Wildman–Crippen LogP) is 2.90. The third-order valence-electron chi connectivity index (χ3n) is 4.69. The predicted molar refractivity (Wildman–Crippen MR) is 93.1 cm³/mol. The minimum Gasteiger partial charge on any atom is -0.300 e. The summed E-state index contributed by atoms with van der Waals surface area (Å²) in [4.78, 5) is 34.3. The maximum atomic E-state index is 13.6. The normalized spacial score (nSPS) is 16.2. The molecule has 6 nitrogen and oxygen atoms in total. The molecule has 128 valence electrons. The molecule has 0 aliphatic heterocycles. The summed E-state index contributed by atoms with van der Waals surface area (Å²) in [7, 11) is 0. The van der Waals surface area contributed by atoms with Crippen molar-refractivity contribution in [2.24, 2.45) is 0 Å². The first kappa shape index (κ1) is 15.9. The van der Waals surface area contributed by atoms with Gasteiger partial charge < -0.3 is 0 Å². The van der Waals surface area contributed by atoms with Crippen LogP contribution in [0.4, 0.5) is 9.52 Å². The number of hydrogen-bond acceptors (Lipinski definition) is 5. The standard InChI is InChI=1S/C17H15FN4O2S/c18-11-3-4-13-12(9-11)14(23)22(10-20-13)17(5-1-2-6-17)15(24)21-16-19-7-8-25-16/h3-4,7-10H,1-2,5-6H2,(H,19,21,24). The first-order valence-corrected chi connectivity index (χ1v) is 8.86. The van der Waals surface area contributed by atoms with Crippen LogP contribution < -0.4 is 10.9 Å². The number of thiazole rings is 1. The average Bonchev–Trinajstić information content (AvgIpc) is 3.28. The number of nitrogens with one attached hydrogen (secondary N) is 1. The Morgan fingerprint density at radius 1 is 1.28 bits per heavy atom. The largest absolute Gasteiger partial charge is 0.300 e. The van der Waals surface area contributed by atoms with Gasteiger partial charge in [-0.3, -0.25) is 19.5 Å². The molecule has 2 heterocycles. The first-order valence-electron chi connectivity index (χ1n) is 7.98. The molecule has 1 aliphatic carbocycles. The number of hydrogen-bond donors (Lipinski definition) is 1. The summed E-state index contributed by atoms with van der Waals surface area (Å²) in [6.07, 6.45) is 5.74. The van der Waals surface area contributed by atoms with E-state index in [1.807, 2.05) is 0 Å². The molecule has 3 aromatic rings. The van der Waals surface area contributed by atoms with Gasteiger partial charge in [0.15, 0.2) is 5.13 Å². The van der Waals surface area contributed by atoms with Crippen molar-refractivity contribution < 1.29 is 9.18 Å². The number of benzene rings is 1. The lowest BCUT2D eigenvalue weighted by molar-refractivity contribution is -0.124. The molecule has 25 heavy (non-hydrogen) atoms. The van der Waals surface area contributed by atoms with E-state index in [0.29, 0.717) is 23.5 Å². The molecule has 0 bridgehead atoms. The second-order valence-electron chi connectivity index (χ2n) is 6.11. The molecule has 0 unspecified atom stereocenters. The highest BCUT2D eigenvalue weighted by molar-refractivity contribution is 7.13. The zero-order valence-corrected chi connectivity index (χ0v) is 14.1. The Hall–Kier alpha value is -2.61. The summed E-state index contributed by atoms with van der Waals surface area (Å²) in [5.74, 6) is -0.781. The van der Waals surface area contributed by atoms with E-state index in [1.54, 1.807) is 11.6 Å². The smallest absolute Gasteiger partial charge is 0.262 e. The van der Waals surface area contributed by atoms with E-state index in [-0.39, 0.29) is 11.3 Å². The molecule has 0 saturated heterocycles. The van der Waals surface area contributed by atoms with Crippen LogP contribution in [-0.2, 0) is 10.3 Å². The molecule has 1 aliphatic rings. The third kappa shape index (κ3) is 2.62. The van der Waals surface area contributed by atoms with E-state index >= 15 is 0 Å². The fraction of sp³-hybridized carbons (Fsp3) is 0.294.